The summed E-state index contributed by atoms with van der Waals surface area (Å²) in [5.41, 5.74) is 2.60. The van der Waals surface area contributed by atoms with Crippen LogP contribution in [0.4, 0.5) is 0 Å². The molecule has 3 nitrogen and oxygen atoms in total. The van der Waals surface area contributed by atoms with Gasteiger partial charge in [0.15, 0.2) is 0 Å². The van der Waals surface area contributed by atoms with Crippen molar-refractivity contribution >= 4 is 28.3 Å². The number of halogens is 1. The van der Waals surface area contributed by atoms with Gasteiger partial charge < -0.3 is 4.98 Å². The highest BCUT2D eigenvalue weighted by Crippen LogP contribution is 2.20. The van der Waals surface area contributed by atoms with Crippen molar-refractivity contribution in [2.24, 2.45) is 0 Å². The number of hydrogen-bond acceptors (Lipinski definition) is 2. The molecule has 4 heteroatoms. The van der Waals surface area contributed by atoms with E-state index >= 15 is 0 Å². The molecule has 3 rings (SSSR count). The number of fused-ring (bicyclic) bond motifs is 1. The van der Waals surface area contributed by atoms with Crippen molar-refractivity contribution in [3.05, 3.63) is 64.6 Å². The van der Waals surface area contributed by atoms with Crippen molar-refractivity contribution in [1.82, 2.24) is 9.97 Å². The normalized spacial score (nSPS) is 10.8. The molecular weight excluding hydrogens is 260 g/mol. The molecule has 19 heavy (non-hydrogen) atoms. The van der Waals surface area contributed by atoms with Gasteiger partial charge in [-0.3, -0.25) is 9.78 Å². The van der Waals surface area contributed by atoms with Gasteiger partial charge in [-0.15, -0.1) is 0 Å². The van der Waals surface area contributed by atoms with Crippen LogP contribution in [0.15, 0.2) is 36.5 Å². The molecule has 93 valence electrons. The van der Waals surface area contributed by atoms with Crippen LogP contribution in [0.2, 0.25) is 5.02 Å². The highest BCUT2D eigenvalue weighted by molar-refractivity contribution is 6.31. The first-order chi connectivity index (χ1) is 9.13. The zero-order valence-electron chi connectivity index (χ0n) is 10.2. The van der Waals surface area contributed by atoms with Gasteiger partial charge >= 0.3 is 0 Å². The van der Waals surface area contributed by atoms with Crippen LogP contribution in [0.1, 0.15) is 21.7 Å². The molecule has 0 amide bonds. The maximum atomic E-state index is 12.3. The minimum atomic E-state index is -0.170. The molecule has 1 N–H and O–H groups in total. The van der Waals surface area contributed by atoms with Crippen LogP contribution in [0.3, 0.4) is 0 Å². The molecule has 0 spiro atoms. The second-order valence-corrected chi connectivity index (χ2v) is 4.80. The molecule has 2 aromatic heterocycles. The van der Waals surface area contributed by atoms with Crippen LogP contribution in [-0.2, 0) is 0 Å². The Hall–Kier alpha value is -2.13. The van der Waals surface area contributed by atoms with Gasteiger partial charge in [0.25, 0.3) is 0 Å². The number of H-pyrrole nitrogens is 1. The maximum Gasteiger partial charge on any atom is 0.228 e. The SMILES string of the molecule is Cc1ccnc(C(=O)c2[c]c3ccc(Cl)cc3[nH]2)c1. The van der Waals surface area contributed by atoms with E-state index in [2.05, 4.69) is 16.0 Å². The molecule has 3 aromatic rings. The van der Waals surface area contributed by atoms with E-state index in [1.807, 2.05) is 19.1 Å². The van der Waals surface area contributed by atoms with Gasteiger partial charge in [0, 0.05) is 28.2 Å². The standard InChI is InChI=1S/C15H10ClN2O/c1-9-4-5-17-13(6-9)15(19)14-7-10-2-3-11(16)8-12(10)18-14/h2-6,8,18H,1H3. The summed E-state index contributed by atoms with van der Waals surface area (Å²) in [5.74, 6) is -0.170. The Balaban J connectivity index is 2.06. The molecule has 2 heterocycles. The number of ketones is 1. The topological polar surface area (TPSA) is 45.8 Å². The highest BCUT2D eigenvalue weighted by Gasteiger charge is 2.14. The molecular formula is C15H10ClN2O. The van der Waals surface area contributed by atoms with Gasteiger partial charge in [-0.1, -0.05) is 17.7 Å². The monoisotopic (exact) mass is 269 g/mol. The van der Waals surface area contributed by atoms with E-state index in [1.165, 1.54) is 0 Å². The highest BCUT2D eigenvalue weighted by atomic mass is 35.5. The van der Waals surface area contributed by atoms with Gasteiger partial charge in [0.1, 0.15) is 5.69 Å². The quantitative estimate of drug-likeness (QED) is 0.723. The van der Waals surface area contributed by atoms with Gasteiger partial charge in [-0.05, 0) is 36.8 Å². The van der Waals surface area contributed by atoms with Crippen molar-refractivity contribution in [3.8, 4) is 0 Å². The molecule has 0 aliphatic carbocycles. The lowest BCUT2D eigenvalue weighted by Gasteiger charge is -1.98. The Bertz CT molecular complexity index is 777. The third kappa shape index (κ3) is 2.25. The predicted octanol–water partition coefficient (Wildman–Crippen LogP) is 3.56. The summed E-state index contributed by atoms with van der Waals surface area (Å²) in [6, 6.07) is 12.0. The number of nitrogens with zero attached hydrogens (tertiary/aromatic N) is 1. The zero-order chi connectivity index (χ0) is 13.4. The van der Waals surface area contributed by atoms with E-state index in [-0.39, 0.29) is 5.78 Å². The van der Waals surface area contributed by atoms with Crippen LogP contribution in [0.25, 0.3) is 10.9 Å². The van der Waals surface area contributed by atoms with Crippen LogP contribution < -0.4 is 0 Å². The molecule has 0 aliphatic rings. The van der Waals surface area contributed by atoms with Crippen LogP contribution in [0, 0.1) is 13.0 Å². The maximum absolute atomic E-state index is 12.3. The van der Waals surface area contributed by atoms with Gasteiger partial charge in [-0.2, -0.15) is 0 Å². The Morgan fingerprint density at radius 1 is 1.32 bits per heavy atom. The third-order valence-electron chi connectivity index (χ3n) is 2.88. The van der Waals surface area contributed by atoms with Crippen molar-refractivity contribution in [2.45, 2.75) is 6.92 Å². The summed E-state index contributed by atoms with van der Waals surface area (Å²) < 4.78 is 0. The molecule has 0 atom stereocenters. The van der Waals surface area contributed by atoms with Crippen molar-refractivity contribution < 1.29 is 4.79 Å². The minimum Gasteiger partial charge on any atom is -0.351 e. The Morgan fingerprint density at radius 2 is 2.16 bits per heavy atom. The van der Waals surface area contributed by atoms with Crippen molar-refractivity contribution in [1.29, 1.82) is 0 Å². The largest absolute Gasteiger partial charge is 0.351 e. The Kier molecular flexibility index (Phi) is 2.84. The second-order valence-electron chi connectivity index (χ2n) is 4.36. The number of pyridine rings is 1. The number of benzene rings is 1. The number of aromatic amines is 1. The van der Waals surface area contributed by atoms with Crippen molar-refractivity contribution in [2.75, 3.05) is 0 Å². The number of aromatic nitrogens is 2. The molecule has 0 bridgehead atoms. The smallest absolute Gasteiger partial charge is 0.228 e. The zero-order valence-corrected chi connectivity index (χ0v) is 11.0. The fraction of sp³-hybridized carbons (Fsp3) is 0.0667. The number of hydrogen-bond donors (Lipinski definition) is 1. The lowest BCUT2D eigenvalue weighted by Crippen LogP contribution is -2.04. The summed E-state index contributed by atoms with van der Waals surface area (Å²) in [7, 11) is 0. The van der Waals surface area contributed by atoms with Crippen LogP contribution in [0.5, 0.6) is 0 Å². The number of carbonyl (C=O) groups excluding carboxylic acids is 1. The Morgan fingerprint density at radius 3 is 2.95 bits per heavy atom. The molecule has 0 saturated heterocycles. The summed E-state index contributed by atoms with van der Waals surface area (Å²) in [4.78, 5) is 19.4. The summed E-state index contributed by atoms with van der Waals surface area (Å²) >= 11 is 5.91. The molecule has 0 aliphatic heterocycles. The van der Waals surface area contributed by atoms with Crippen LogP contribution >= 0.6 is 11.6 Å². The second kappa shape index (κ2) is 4.52. The third-order valence-corrected chi connectivity index (χ3v) is 3.11. The lowest BCUT2D eigenvalue weighted by atomic mass is 10.1. The molecule has 1 aromatic carbocycles. The first-order valence-corrected chi connectivity index (χ1v) is 6.19. The van der Waals surface area contributed by atoms with E-state index in [9.17, 15) is 4.79 Å². The fourth-order valence-corrected chi connectivity index (χ4v) is 2.10. The number of rotatable bonds is 2. The van der Waals surface area contributed by atoms with E-state index < -0.39 is 0 Å². The van der Waals surface area contributed by atoms with E-state index in [4.69, 9.17) is 11.6 Å². The average molecular weight is 270 g/mol. The summed E-state index contributed by atoms with van der Waals surface area (Å²) in [6.45, 7) is 1.92. The Labute approximate surface area is 115 Å². The summed E-state index contributed by atoms with van der Waals surface area (Å²) in [5, 5.41) is 1.45. The van der Waals surface area contributed by atoms with E-state index in [1.54, 1.807) is 24.4 Å². The predicted molar refractivity (Wildman–Crippen MR) is 74.6 cm³/mol. The van der Waals surface area contributed by atoms with E-state index in [0.29, 0.717) is 16.4 Å². The van der Waals surface area contributed by atoms with Crippen molar-refractivity contribution in [3.63, 3.8) is 0 Å². The summed E-state index contributed by atoms with van der Waals surface area (Å²) in [6.07, 6.45) is 1.63. The molecule has 0 saturated carbocycles. The van der Waals surface area contributed by atoms with E-state index in [0.717, 1.165) is 16.5 Å². The fourth-order valence-electron chi connectivity index (χ4n) is 1.93. The first kappa shape index (κ1) is 11.9. The lowest BCUT2D eigenvalue weighted by molar-refractivity contribution is 0.103. The van der Waals surface area contributed by atoms with Gasteiger partial charge in [-0.25, -0.2) is 0 Å². The average Bonchev–Trinajstić information content (AvgIpc) is 2.80. The van der Waals surface area contributed by atoms with Gasteiger partial charge in [0.2, 0.25) is 5.78 Å². The number of carbonyl (C=O) groups is 1. The number of aryl methyl sites for hydroxylation is 1. The molecule has 0 fully saturated rings. The molecule has 0 unspecified atom stereocenters. The minimum absolute atomic E-state index is 0.170. The first-order valence-electron chi connectivity index (χ1n) is 5.81. The van der Waals surface area contributed by atoms with Gasteiger partial charge in [0.05, 0.1) is 5.69 Å². The molecule has 1 radical (unpaired) electrons. The van der Waals surface area contributed by atoms with Crippen LogP contribution in [-0.4, -0.2) is 15.8 Å². The number of nitrogens with one attached hydrogen (secondary N) is 1.